The van der Waals surface area contributed by atoms with Crippen molar-refractivity contribution in [1.82, 2.24) is 14.7 Å². The van der Waals surface area contributed by atoms with Crippen molar-refractivity contribution < 1.29 is 27.5 Å². The molecule has 2 aliphatic heterocycles. The molecule has 2 heterocycles. The molecule has 0 spiro atoms. The van der Waals surface area contributed by atoms with E-state index in [1.807, 2.05) is 0 Å². The van der Waals surface area contributed by atoms with Gasteiger partial charge in [-0.1, -0.05) is 6.07 Å². The van der Waals surface area contributed by atoms with Crippen molar-refractivity contribution in [3.63, 3.8) is 0 Å². The molecule has 10 nitrogen and oxygen atoms in total. The number of carbonyl (C=O) groups excluding carboxylic acids is 3. The number of piperidine rings is 1. The molecule has 0 aliphatic carbocycles. The van der Waals surface area contributed by atoms with Crippen LogP contribution in [0.2, 0.25) is 0 Å². The highest BCUT2D eigenvalue weighted by Crippen LogP contribution is 2.28. The van der Waals surface area contributed by atoms with E-state index in [2.05, 4.69) is 10.7 Å². The Hall–Kier alpha value is -1.92. The first-order valence-electron chi connectivity index (χ1n) is 10.4. The molecular weight excluding hydrogens is 495 g/mol. The molecule has 2 N–H and O–H groups in total. The zero-order valence-electron chi connectivity index (χ0n) is 18.2. The number of halogens is 2. The number of carbonyl (C=O) groups is 3. The molecular formula is C20H26Cl2N4O6S. The lowest BCUT2D eigenvalue weighted by atomic mass is 10.0. The molecule has 13 heteroatoms. The Morgan fingerprint density at radius 3 is 2.73 bits per heavy atom. The third kappa shape index (κ3) is 5.78. The normalized spacial score (nSPS) is 24.4. The standard InChI is InChI=1S/C20H26Cl2N4O6S/c1-12-5-6-14(24-17(27)11-26-19(28)18(22)15(21)9-23-26)8-16(12)33(30,31)25-7-3-4-13(10-25)20(29)32-2/h5-6,8,13,15,18,23H,3-4,7,9-11H2,1-2H3,(H,24,27). The van der Waals surface area contributed by atoms with E-state index in [0.717, 1.165) is 5.01 Å². The second-order valence-corrected chi connectivity index (χ2v) is 10.9. The number of methoxy groups -OCH3 is 1. The number of hydrogen-bond acceptors (Lipinski definition) is 7. The van der Waals surface area contributed by atoms with Crippen LogP contribution in [0.5, 0.6) is 0 Å². The van der Waals surface area contributed by atoms with Gasteiger partial charge in [-0.2, -0.15) is 4.31 Å². The van der Waals surface area contributed by atoms with Crippen LogP contribution in [-0.4, -0.2) is 79.6 Å². The smallest absolute Gasteiger partial charge is 0.309 e. The highest BCUT2D eigenvalue weighted by molar-refractivity contribution is 7.89. The predicted octanol–water partition coefficient (Wildman–Crippen LogP) is 1.07. The highest BCUT2D eigenvalue weighted by Gasteiger charge is 2.36. The largest absolute Gasteiger partial charge is 0.469 e. The first-order valence-corrected chi connectivity index (χ1v) is 12.7. The minimum atomic E-state index is -3.91. The van der Waals surface area contributed by atoms with Gasteiger partial charge < -0.3 is 10.1 Å². The first kappa shape index (κ1) is 25.7. The number of aryl methyl sites for hydroxylation is 1. The van der Waals surface area contributed by atoms with Crippen LogP contribution in [0.25, 0.3) is 0 Å². The van der Waals surface area contributed by atoms with Crippen LogP contribution in [0, 0.1) is 12.8 Å². The summed E-state index contributed by atoms with van der Waals surface area (Å²) < 4.78 is 32.6. The summed E-state index contributed by atoms with van der Waals surface area (Å²) in [4.78, 5) is 36.6. The van der Waals surface area contributed by atoms with Crippen LogP contribution in [0.3, 0.4) is 0 Å². The first-order chi connectivity index (χ1) is 15.5. The van der Waals surface area contributed by atoms with Gasteiger partial charge in [-0.05, 0) is 37.5 Å². The second kappa shape index (κ2) is 10.6. The third-order valence-electron chi connectivity index (χ3n) is 5.61. The molecule has 33 heavy (non-hydrogen) atoms. The predicted molar refractivity (Wildman–Crippen MR) is 122 cm³/mol. The van der Waals surface area contributed by atoms with Gasteiger partial charge in [0.15, 0.2) is 0 Å². The molecule has 0 saturated carbocycles. The SMILES string of the molecule is COC(=O)C1CCCN(S(=O)(=O)c2cc(NC(=O)CN3NCC(Cl)C(Cl)C3=O)ccc2C)C1. The number of ether oxygens (including phenoxy) is 1. The molecule has 2 aliphatic rings. The summed E-state index contributed by atoms with van der Waals surface area (Å²) in [6, 6.07) is 4.53. The number of hydrogen-bond donors (Lipinski definition) is 2. The van der Waals surface area contributed by atoms with Crippen molar-refractivity contribution in [3.8, 4) is 0 Å². The number of nitrogens with zero attached hydrogens (tertiary/aromatic N) is 2. The molecule has 182 valence electrons. The summed E-state index contributed by atoms with van der Waals surface area (Å²) in [5, 5.41) is 2.16. The fourth-order valence-electron chi connectivity index (χ4n) is 3.77. The third-order valence-corrected chi connectivity index (χ3v) is 8.64. The molecule has 2 amide bonds. The van der Waals surface area contributed by atoms with E-state index in [9.17, 15) is 22.8 Å². The van der Waals surface area contributed by atoms with E-state index in [0.29, 0.717) is 18.4 Å². The summed E-state index contributed by atoms with van der Waals surface area (Å²) in [7, 11) is -2.63. The Labute approximate surface area is 202 Å². The lowest BCUT2D eigenvalue weighted by molar-refractivity contribution is -0.146. The summed E-state index contributed by atoms with van der Waals surface area (Å²) in [6.45, 7) is 1.88. The van der Waals surface area contributed by atoms with Crippen molar-refractivity contribution in [3.05, 3.63) is 23.8 Å². The molecule has 2 saturated heterocycles. The molecule has 1 aromatic rings. The Bertz CT molecular complexity index is 1040. The maximum atomic E-state index is 13.3. The molecule has 0 bridgehead atoms. The number of hydrazine groups is 1. The number of rotatable bonds is 6. The van der Waals surface area contributed by atoms with E-state index in [1.54, 1.807) is 19.1 Å². The number of nitrogens with one attached hydrogen (secondary N) is 2. The van der Waals surface area contributed by atoms with Gasteiger partial charge in [-0.3, -0.25) is 19.4 Å². The minimum absolute atomic E-state index is 0.0313. The average Bonchev–Trinajstić information content (AvgIpc) is 2.80. The molecule has 0 radical (unpaired) electrons. The number of esters is 1. The van der Waals surface area contributed by atoms with Gasteiger partial charge in [0.25, 0.3) is 5.91 Å². The zero-order valence-corrected chi connectivity index (χ0v) is 20.5. The fourth-order valence-corrected chi connectivity index (χ4v) is 5.93. The van der Waals surface area contributed by atoms with Crippen molar-refractivity contribution >= 4 is 56.7 Å². The Morgan fingerprint density at radius 2 is 2.03 bits per heavy atom. The molecule has 3 atom stereocenters. The van der Waals surface area contributed by atoms with E-state index in [1.165, 1.54) is 17.5 Å². The summed E-state index contributed by atoms with van der Waals surface area (Å²) in [5.41, 5.74) is 3.49. The van der Waals surface area contributed by atoms with Crippen LogP contribution in [-0.2, 0) is 29.1 Å². The molecule has 3 unspecified atom stereocenters. The van der Waals surface area contributed by atoms with Gasteiger partial charge in [0.2, 0.25) is 15.9 Å². The number of alkyl halides is 2. The van der Waals surface area contributed by atoms with Gasteiger partial charge in [0, 0.05) is 25.3 Å². The monoisotopic (exact) mass is 520 g/mol. The molecule has 3 rings (SSSR count). The lowest BCUT2D eigenvalue weighted by Gasteiger charge is -2.32. The van der Waals surface area contributed by atoms with Crippen molar-refractivity contribution in [1.29, 1.82) is 0 Å². The molecule has 1 aromatic carbocycles. The average molecular weight is 521 g/mol. The van der Waals surface area contributed by atoms with Crippen molar-refractivity contribution in [2.24, 2.45) is 5.92 Å². The van der Waals surface area contributed by atoms with E-state index in [4.69, 9.17) is 27.9 Å². The highest BCUT2D eigenvalue weighted by atomic mass is 35.5. The van der Waals surface area contributed by atoms with Crippen LogP contribution in [0.4, 0.5) is 5.69 Å². The quantitative estimate of drug-likeness (QED) is 0.424. The maximum absolute atomic E-state index is 13.3. The topological polar surface area (TPSA) is 125 Å². The van der Waals surface area contributed by atoms with E-state index >= 15 is 0 Å². The van der Waals surface area contributed by atoms with Gasteiger partial charge >= 0.3 is 5.97 Å². The summed E-state index contributed by atoms with van der Waals surface area (Å²) >= 11 is 11.9. The van der Waals surface area contributed by atoms with Crippen LogP contribution in [0.15, 0.2) is 23.1 Å². The van der Waals surface area contributed by atoms with Crippen molar-refractivity contribution in [2.45, 2.75) is 35.4 Å². The second-order valence-electron chi connectivity index (χ2n) is 7.96. The number of benzene rings is 1. The van der Waals surface area contributed by atoms with Gasteiger partial charge in [-0.15, -0.1) is 23.2 Å². The van der Waals surface area contributed by atoms with Crippen LogP contribution in [0.1, 0.15) is 18.4 Å². The maximum Gasteiger partial charge on any atom is 0.309 e. The number of amides is 2. The van der Waals surface area contributed by atoms with Gasteiger partial charge in [-0.25, -0.2) is 13.8 Å². The molecule has 0 aromatic heterocycles. The van der Waals surface area contributed by atoms with Gasteiger partial charge in [0.05, 0.1) is 23.3 Å². The summed E-state index contributed by atoms with van der Waals surface area (Å²) in [5.74, 6) is -2.01. The fraction of sp³-hybridized carbons (Fsp3) is 0.550. The van der Waals surface area contributed by atoms with Crippen LogP contribution < -0.4 is 10.7 Å². The lowest BCUT2D eigenvalue weighted by Crippen LogP contribution is -2.58. The Balaban J connectivity index is 1.73. The van der Waals surface area contributed by atoms with E-state index < -0.39 is 44.5 Å². The van der Waals surface area contributed by atoms with Gasteiger partial charge in [0.1, 0.15) is 11.9 Å². The minimum Gasteiger partial charge on any atom is -0.469 e. The Kier molecular flexibility index (Phi) is 8.22. The number of anilines is 1. The molecule has 2 fully saturated rings. The van der Waals surface area contributed by atoms with Crippen LogP contribution >= 0.6 is 23.2 Å². The van der Waals surface area contributed by atoms with E-state index in [-0.39, 0.29) is 36.8 Å². The number of sulfonamides is 1. The van der Waals surface area contributed by atoms with Crippen molar-refractivity contribution in [2.75, 3.05) is 38.6 Å². The Morgan fingerprint density at radius 1 is 1.30 bits per heavy atom. The zero-order chi connectivity index (χ0) is 24.3. The summed E-state index contributed by atoms with van der Waals surface area (Å²) in [6.07, 6.45) is 1.10.